The first-order valence-corrected chi connectivity index (χ1v) is 8.78. The van der Waals surface area contributed by atoms with Crippen molar-refractivity contribution in [2.24, 2.45) is 11.7 Å². The Labute approximate surface area is 129 Å². The standard InChI is InChI=1S/C17H33N3O/c1-4-14-6-5-10-20(11-8-14)15-7-9-17(12-15,16(18)21)19-13(2)3/h13-15,19H,4-12H2,1-3H3,(H2,18,21). The maximum absolute atomic E-state index is 12.0. The van der Waals surface area contributed by atoms with Gasteiger partial charge in [0.05, 0.1) is 5.54 Å². The maximum Gasteiger partial charge on any atom is 0.237 e. The highest BCUT2D eigenvalue weighted by atomic mass is 16.1. The fourth-order valence-electron chi connectivity index (χ4n) is 4.27. The van der Waals surface area contributed by atoms with E-state index in [2.05, 4.69) is 31.0 Å². The first-order valence-electron chi connectivity index (χ1n) is 8.78. The maximum atomic E-state index is 12.0. The van der Waals surface area contributed by atoms with Gasteiger partial charge in [-0.15, -0.1) is 0 Å². The molecule has 2 rings (SSSR count). The zero-order valence-electron chi connectivity index (χ0n) is 14.0. The highest BCUT2D eigenvalue weighted by Crippen LogP contribution is 2.35. The largest absolute Gasteiger partial charge is 0.368 e. The van der Waals surface area contributed by atoms with Gasteiger partial charge in [-0.2, -0.15) is 0 Å². The zero-order chi connectivity index (χ0) is 15.5. The number of nitrogens with one attached hydrogen (secondary N) is 1. The Morgan fingerprint density at radius 1 is 1.33 bits per heavy atom. The molecule has 0 spiro atoms. The fourth-order valence-corrected chi connectivity index (χ4v) is 4.27. The van der Waals surface area contributed by atoms with Crippen LogP contribution < -0.4 is 11.1 Å². The van der Waals surface area contributed by atoms with Crippen LogP contribution in [0.4, 0.5) is 0 Å². The average molecular weight is 295 g/mol. The quantitative estimate of drug-likeness (QED) is 0.818. The van der Waals surface area contributed by atoms with E-state index in [1.54, 1.807) is 0 Å². The van der Waals surface area contributed by atoms with E-state index >= 15 is 0 Å². The average Bonchev–Trinajstić information content (AvgIpc) is 2.71. The number of nitrogens with zero attached hydrogens (tertiary/aromatic N) is 1. The molecule has 2 aliphatic rings. The molecule has 2 fully saturated rings. The van der Waals surface area contributed by atoms with Gasteiger partial charge in [0, 0.05) is 12.1 Å². The lowest BCUT2D eigenvalue weighted by atomic mass is 9.95. The highest BCUT2D eigenvalue weighted by molar-refractivity contribution is 5.85. The van der Waals surface area contributed by atoms with Crippen LogP contribution in [-0.4, -0.2) is 41.5 Å². The third-order valence-corrected chi connectivity index (χ3v) is 5.50. The zero-order valence-corrected chi connectivity index (χ0v) is 14.0. The molecule has 0 aromatic carbocycles. The summed E-state index contributed by atoms with van der Waals surface area (Å²) >= 11 is 0. The summed E-state index contributed by atoms with van der Waals surface area (Å²) in [5.41, 5.74) is 5.25. The molecule has 1 heterocycles. The van der Waals surface area contributed by atoms with E-state index in [1.165, 1.54) is 38.8 Å². The van der Waals surface area contributed by atoms with Gasteiger partial charge < -0.3 is 16.0 Å². The van der Waals surface area contributed by atoms with Crippen LogP contribution in [0.2, 0.25) is 0 Å². The van der Waals surface area contributed by atoms with Gasteiger partial charge in [-0.1, -0.05) is 13.3 Å². The molecule has 4 heteroatoms. The van der Waals surface area contributed by atoms with Crippen LogP contribution in [0, 0.1) is 5.92 Å². The van der Waals surface area contributed by atoms with E-state index in [0.717, 1.165) is 25.2 Å². The van der Waals surface area contributed by atoms with Crippen molar-refractivity contribution in [1.29, 1.82) is 0 Å². The number of primary amides is 1. The van der Waals surface area contributed by atoms with Gasteiger partial charge in [0.25, 0.3) is 0 Å². The molecule has 0 aromatic heterocycles. The number of carbonyl (C=O) groups excluding carboxylic acids is 1. The monoisotopic (exact) mass is 295 g/mol. The Hall–Kier alpha value is -0.610. The van der Waals surface area contributed by atoms with Gasteiger partial charge in [0.15, 0.2) is 0 Å². The molecule has 0 bridgehead atoms. The van der Waals surface area contributed by atoms with E-state index < -0.39 is 5.54 Å². The van der Waals surface area contributed by atoms with Crippen molar-refractivity contribution >= 4 is 5.91 Å². The van der Waals surface area contributed by atoms with Crippen molar-refractivity contribution in [3.63, 3.8) is 0 Å². The second-order valence-electron chi connectivity index (χ2n) is 7.38. The molecule has 3 atom stereocenters. The minimum atomic E-state index is -0.477. The second kappa shape index (κ2) is 7.10. The minimum absolute atomic E-state index is 0.167. The SMILES string of the molecule is CCC1CCCN(C2CCC(NC(C)C)(C(N)=O)C2)CC1. The van der Waals surface area contributed by atoms with Crippen LogP contribution in [0.15, 0.2) is 0 Å². The summed E-state index contributed by atoms with van der Waals surface area (Å²) in [4.78, 5) is 14.6. The summed E-state index contributed by atoms with van der Waals surface area (Å²) in [5.74, 6) is 0.728. The van der Waals surface area contributed by atoms with Crippen LogP contribution in [-0.2, 0) is 4.79 Å². The number of hydrogen-bond donors (Lipinski definition) is 2. The van der Waals surface area contributed by atoms with Crippen molar-refractivity contribution < 1.29 is 4.79 Å². The van der Waals surface area contributed by atoms with Gasteiger partial charge in [-0.05, 0) is 71.4 Å². The van der Waals surface area contributed by atoms with Crippen LogP contribution in [0.5, 0.6) is 0 Å². The van der Waals surface area contributed by atoms with E-state index in [1.807, 2.05) is 0 Å². The number of nitrogens with two attached hydrogens (primary N) is 1. The van der Waals surface area contributed by atoms with Gasteiger partial charge in [-0.25, -0.2) is 0 Å². The summed E-state index contributed by atoms with van der Waals surface area (Å²) in [7, 11) is 0. The van der Waals surface area contributed by atoms with E-state index in [4.69, 9.17) is 5.73 Å². The summed E-state index contributed by atoms with van der Waals surface area (Å²) in [6.45, 7) is 8.88. The molecule has 3 N–H and O–H groups in total. The predicted molar refractivity (Wildman–Crippen MR) is 87.0 cm³/mol. The normalized spacial score (nSPS) is 35.0. The van der Waals surface area contributed by atoms with E-state index in [9.17, 15) is 4.79 Å². The van der Waals surface area contributed by atoms with Crippen molar-refractivity contribution in [2.75, 3.05) is 13.1 Å². The van der Waals surface area contributed by atoms with Gasteiger partial charge in [-0.3, -0.25) is 4.79 Å². The summed E-state index contributed by atoms with van der Waals surface area (Å²) in [6.07, 6.45) is 8.16. The molecule has 122 valence electrons. The van der Waals surface area contributed by atoms with Crippen LogP contribution in [0.3, 0.4) is 0 Å². The first kappa shape index (κ1) is 16.8. The number of likely N-dealkylation sites (tertiary alicyclic amines) is 1. The first-order chi connectivity index (χ1) is 9.97. The summed E-state index contributed by atoms with van der Waals surface area (Å²) in [6, 6.07) is 0.823. The van der Waals surface area contributed by atoms with Crippen molar-refractivity contribution in [3.05, 3.63) is 0 Å². The van der Waals surface area contributed by atoms with Crippen molar-refractivity contribution in [2.45, 2.75) is 83.3 Å². The molecule has 1 amide bonds. The fraction of sp³-hybridized carbons (Fsp3) is 0.941. The third kappa shape index (κ3) is 3.98. The molecule has 1 saturated carbocycles. The van der Waals surface area contributed by atoms with Crippen LogP contribution in [0.1, 0.15) is 65.7 Å². The number of amides is 1. The molecule has 0 aromatic rings. The lowest BCUT2D eigenvalue weighted by molar-refractivity contribution is -0.124. The van der Waals surface area contributed by atoms with Crippen molar-refractivity contribution in [1.82, 2.24) is 10.2 Å². The molecule has 3 unspecified atom stereocenters. The smallest absolute Gasteiger partial charge is 0.237 e. The topological polar surface area (TPSA) is 58.4 Å². The van der Waals surface area contributed by atoms with E-state index in [-0.39, 0.29) is 5.91 Å². The third-order valence-electron chi connectivity index (χ3n) is 5.50. The number of carbonyl (C=O) groups is 1. The molecule has 1 aliphatic heterocycles. The molecule has 0 radical (unpaired) electrons. The Morgan fingerprint density at radius 3 is 2.71 bits per heavy atom. The highest BCUT2D eigenvalue weighted by Gasteiger charge is 2.45. The van der Waals surface area contributed by atoms with Crippen molar-refractivity contribution in [3.8, 4) is 0 Å². The summed E-state index contributed by atoms with van der Waals surface area (Å²) < 4.78 is 0. The van der Waals surface area contributed by atoms with Gasteiger partial charge in [0.2, 0.25) is 5.91 Å². The Bertz CT molecular complexity index is 358. The second-order valence-corrected chi connectivity index (χ2v) is 7.38. The molecular weight excluding hydrogens is 262 g/mol. The molecule has 21 heavy (non-hydrogen) atoms. The van der Waals surface area contributed by atoms with Gasteiger partial charge >= 0.3 is 0 Å². The number of rotatable bonds is 5. The van der Waals surface area contributed by atoms with E-state index in [0.29, 0.717) is 12.1 Å². The Morgan fingerprint density at radius 2 is 2.10 bits per heavy atom. The minimum Gasteiger partial charge on any atom is -0.368 e. The molecular formula is C17H33N3O. The summed E-state index contributed by atoms with van der Waals surface area (Å²) in [5, 5.41) is 3.46. The lowest BCUT2D eigenvalue weighted by Gasteiger charge is -2.32. The molecule has 4 nitrogen and oxygen atoms in total. The lowest BCUT2D eigenvalue weighted by Crippen LogP contribution is -2.56. The van der Waals surface area contributed by atoms with Gasteiger partial charge in [0.1, 0.15) is 0 Å². The Kier molecular flexibility index (Phi) is 5.67. The van der Waals surface area contributed by atoms with Crippen LogP contribution in [0.25, 0.3) is 0 Å². The molecule has 1 aliphatic carbocycles. The van der Waals surface area contributed by atoms with Crippen LogP contribution >= 0.6 is 0 Å². The number of hydrogen-bond acceptors (Lipinski definition) is 3. The molecule has 1 saturated heterocycles. The Balaban J connectivity index is 1.98. The predicted octanol–water partition coefficient (Wildman–Crippen LogP) is 2.27.